The van der Waals surface area contributed by atoms with E-state index in [4.69, 9.17) is 5.11 Å². The third kappa shape index (κ3) is 5.67. The Morgan fingerprint density at radius 2 is 2.20 bits per heavy atom. The van der Waals surface area contributed by atoms with Crippen molar-refractivity contribution in [2.24, 2.45) is 5.92 Å². The second kappa shape index (κ2) is 6.00. The van der Waals surface area contributed by atoms with Crippen molar-refractivity contribution in [3.05, 3.63) is 0 Å². The van der Waals surface area contributed by atoms with Crippen LogP contribution in [-0.4, -0.2) is 34.5 Å². The molecule has 0 aromatic carbocycles. The van der Waals surface area contributed by atoms with Gasteiger partial charge in [0.25, 0.3) is 0 Å². The molecular weight excluding hydrogens is 214 g/mol. The van der Waals surface area contributed by atoms with Gasteiger partial charge in [-0.2, -0.15) is 11.8 Å². The van der Waals surface area contributed by atoms with Gasteiger partial charge in [0, 0.05) is 24.0 Å². The maximum atomic E-state index is 11.2. The van der Waals surface area contributed by atoms with Crippen LogP contribution in [0.3, 0.4) is 0 Å². The van der Waals surface area contributed by atoms with Gasteiger partial charge >= 0.3 is 5.97 Å². The summed E-state index contributed by atoms with van der Waals surface area (Å²) in [6, 6.07) is 0.417. The zero-order valence-electron chi connectivity index (χ0n) is 8.86. The van der Waals surface area contributed by atoms with Crippen LogP contribution in [-0.2, 0) is 9.59 Å². The van der Waals surface area contributed by atoms with Gasteiger partial charge in [0.15, 0.2) is 0 Å². The van der Waals surface area contributed by atoms with E-state index < -0.39 is 5.97 Å². The van der Waals surface area contributed by atoms with Gasteiger partial charge in [0.1, 0.15) is 0 Å². The van der Waals surface area contributed by atoms with E-state index in [2.05, 4.69) is 5.32 Å². The molecule has 0 spiro atoms. The highest BCUT2D eigenvalue weighted by Crippen LogP contribution is 2.19. The summed E-state index contributed by atoms with van der Waals surface area (Å²) in [6.07, 6.45) is 2.71. The second-order valence-electron chi connectivity index (χ2n) is 3.91. The molecule has 1 aliphatic carbocycles. The lowest BCUT2D eigenvalue weighted by Gasteiger charge is -2.05. The standard InChI is InChI=1S/C10H17NO3S/c1-7(10(13)14)6-15-5-4-9(12)11-8-2-3-8/h7-8H,2-6H2,1H3,(H,11,12)(H,13,14). The van der Waals surface area contributed by atoms with E-state index in [0.29, 0.717) is 24.0 Å². The van der Waals surface area contributed by atoms with E-state index in [1.54, 1.807) is 6.92 Å². The van der Waals surface area contributed by atoms with Crippen LogP contribution >= 0.6 is 11.8 Å². The van der Waals surface area contributed by atoms with Crippen LogP contribution in [0.5, 0.6) is 0 Å². The molecule has 86 valence electrons. The fourth-order valence-corrected chi connectivity index (χ4v) is 2.02. The monoisotopic (exact) mass is 231 g/mol. The fourth-order valence-electron chi connectivity index (χ4n) is 1.02. The summed E-state index contributed by atoms with van der Waals surface area (Å²) in [4.78, 5) is 21.7. The Bertz CT molecular complexity index is 241. The van der Waals surface area contributed by atoms with E-state index in [1.165, 1.54) is 11.8 Å². The average Bonchev–Trinajstić information content (AvgIpc) is 2.95. The minimum absolute atomic E-state index is 0.0907. The highest BCUT2D eigenvalue weighted by atomic mass is 32.2. The predicted molar refractivity (Wildman–Crippen MR) is 59.9 cm³/mol. The second-order valence-corrected chi connectivity index (χ2v) is 5.06. The summed E-state index contributed by atoms with van der Waals surface area (Å²) < 4.78 is 0. The molecule has 0 saturated heterocycles. The van der Waals surface area contributed by atoms with Crippen molar-refractivity contribution in [2.75, 3.05) is 11.5 Å². The molecule has 1 amide bonds. The van der Waals surface area contributed by atoms with E-state index in [0.717, 1.165) is 12.8 Å². The minimum Gasteiger partial charge on any atom is -0.481 e. The predicted octanol–water partition coefficient (Wildman–Crippen LogP) is 1.11. The molecule has 1 unspecified atom stereocenters. The lowest BCUT2D eigenvalue weighted by atomic mass is 10.2. The SMILES string of the molecule is CC(CSCCC(=O)NC1CC1)C(=O)O. The third-order valence-corrected chi connectivity index (χ3v) is 3.43. The van der Waals surface area contributed by atoms with E-state index in [1.807, 2.05) is 0 Å². The van der Waals surface area contributed by atoms with Gasteiger partial charge in [0.05, 0.1) is 5.92 Å². The summed E-state index contributed by atoms with van der Waals surface area (Å²) in [5.41, 5.74) is 0. The number of carboxylic acid groups (broad SMARTS) is 1. The van der Waals surface area contributed by atoms with Gasteiger partial charge in [-0.3, -0.25) is 9.59 Å². The summed E-state index contributed by atoms with van der Waals surface area (Å²) in [5.74, 6) is 0.266. The molecule has 4 nitrogen and oxygen atoms in total. The lowest BCUT2D eigenvalue weighted by Crippen LogP contribution is -2.25. The zero-order chi connectivity index (χ0) is 11.3. The van der Waals surface area contributed by atoms with E-state index >= 15 is 0 Å². The maximum Gasteiger partial charge on any atom is 0.307 e. The number of nitrogens with one attached hydrogen (secondary N) is 1. The normalized spacial score (nSPS) is 17.1. The molecule has 0 heterocycles. The number of amides is 1. The molecule has 1 fully saturated rings. The summed E-state index contributed by atoms with van der Waals surface area (Å²) in [7, 11) is 0. The van der Waals surface area contributed by atoms with Crippen LogP contribution in [0, 0.1) is 5.92 Å². The van der Waals surface area contributed by atoms with Gasteiger partial charge in [-0.25, -0.2) is 0 Å². The quantitative estimate of drug-likeness (QED) is 0.644. The molecule has 1 rings (SSSR count). The molecule has 0 aromatic rings. The zero-order valence-corrected chi connectivity index (χ0v) is 9.68. The van der Waals surface area contributed by atoms with E-state index in [-0.39, 0.29) is 11.8 Å². The number of rotatable bonds is 7. The van der Waals surface area contributed by atoms with Gasteiger partial charge in [-0.05, 0) is 12.8 Å². The number of hydrogen-bond acceptors (Lipinski definition) is 3. The molecule has 0 aromatic heterocycles. The molecule has 0 bridgehead atoms. The number of thioether (sulfide) groups is 1. The van der Waals surface area contributed by atoms with Crippen molar-refractivity contribution in [3.63, 3.8) is 0 Å². The molecule has 5 heteroatoms. The fraction of sp³-hybridized carbons (Fsp3) is 0.800. The molecule has 1 aliphatic rings. The Morgan fingerprint density at radius 3 is 2.73 bits per heavy atom. The van der Waals surface area contributed by atoms with Crippen LogP contribution in [0.15, 0.2) is 0 Å². The van der Waals surface area contributed by atoms with Crippen LogP contribution < -0.4 is 5.32 Å². The van der Waals surface area contributed by atoms with Gasteiger partial charge in [-0.15, -0.1) is 0 Å². The van der Waals surface area contributed by atoms with Crippen molar-refractivity contribution in [2.45, 2.75) is 32.2 Å². The highest BCUT2D eigenvalue weighted by molar-refractivity contribution is 7.99. The number of carbonyl (C=O) groups is 2. The summed E-state index contributed by atoms with van der Waals surface area (Å²) in [5, 5.41) is 11.5. The largest absolute Gasteiger partial charge is 0.481 e. The van der Waals surface area contributed by atoms with Crippen LogP contribution in [0.1, 0.15) is 26.2 Å². The van der Waals surface area contributed by atoms with Crippen LogP contribution in [0.25, 0.3) is 0 Å². The Morgan fingerprint density at radius 1 is 1.53 bits per heavy atom. The first-order chi connectivity index (χ1) is 7.09. The Labute approximate surface area is 93.8 Å². The molecular formula is C10H17NO3S. The highest BCUT2D eigenvalue weighted by Gasteiger charge is 2.22. The van der Waals surface area contributed by atoms with Crippen LogP contribution in [0.2, 0.25) is 0 Å². The Balaban J connectivity index is 1.95. The Hall–Kier alpha value is -0.710. The average molecular weight is 231 g/mol. The minimum atomic E-state index is -0.773. The third-order valence-electron chi connectivity index (χ3n) is 2.21. The topological polar surface area (TPSA) is 66.4 Å². The molecule has 0 radical (unpaired) electrons. The van der Waals surface area contributed by atoms with Crippen molar-refractivity contribution >= 4 is 23.6 Å². The Kier molecular flexibility index (Phi) is 4.94. The maximum absolute atomic E-state index is 11.2. The van der Waals surface area contributed by atoms with E-state index in [9.17, 15) is 9.59 Å². The molecule has 15 heavy (non-hydrogen) atoms. The van der Waals surface area contributed by atoms with Gasteiger partial charge in [-0.1, -0.05) is 6.92 Å². The molecule has 0 aliphatic heterocycles. The number of carboxylic acids is 1. The number of hydrogen-bond donors (Lipinski definition) is 2. The van der Waals surface area contributed by atoms with Gasteiger partial charge < -0.3 is 10.4 Å². The van der Waals surface area contributed by atoms with Crippen molar-refractivity contribution in [1.82, 2.24) is 5.32 Å². The number of aliphatic carboxylic acids is 1. The number of carbonyl (C=O) groups excluding carboxylic acids is 1. The lowest BCUT2D eigenvalue weighted by molar-refractivity contribution is -0.140. The molecule has 1 atom stereocenters. The summed E-state index contributed by atoms with van der Waals surface area (Å²) in [6.45, 7) is 1.68. The van der Waals surface area contributed by atoms with Crippen molar-refractivity contribution < 1.29 is 14.7 Å². The van der Waals surface area contributed by atoms with Gasteiger partial charge in [0.2, 0.25) is 5.91 Å². The van der Waals surface area contributed by atoms with Crippen molar-refractivity contribution in [3.8, 4) is 0 Å². The summed E-state index contributed by atoms with van der Waals surface area (Å²) >= 11 is 1.52. The first-order valence-corrected chi connectivity index (χ1v) is 6.35. The first kappa shape index (κ1) is 12.4. The van der Waals surface area contributed by atoms with Crippen molar-refractivity contribution in [1.29, 1.82) is 0 Å². The smallest absolute Gasteiger partial charge is 0.307 e. The molecule has 2 N–H and O–H groups in total. The molecule has 1 saturated carbocycles. The van der Waals surface area contributed by atoms with Crippen LogP contribution in [0.4, 0.5) is 0 Å². The first-order valence-electron chi connectivity index (χ1n) is 5.19.